The molecule has 3 heteroatoms. The molecule has 4 rings (SSSR count). The average molecular weight is 475 g/mol. The van der Waals surface area contributed by atoms with Gasteiger partial charge >= 0.3 is 0 Å². The molecule has 0 bridgehead atoms. The standard InChI is InChI=1S/C30H51O2P/c1-21(2)22(3)10-9-11-23-12-13-26-28(23,4)19-16-27-29(5)18-15-25(32-33(7,8)31)20-24(29)14-17-30(26,27)6/h9-10,14,21-23,25-27H,11-13,15-20H2,1-8H3/b10-9+. The number of allylic oxidation sites excluding steroid dienone is 3. The van der Waals surface area contributed by atoms with Gasteiger partial charge in [0, 0.05) is 13.3 Å². The number of hydrogen-bond donors (Lipinski definition) is 0. The van der Waals surface area contributed by atoms with Crippen molar-refractivity contribution in [3.63, 3.8) is 0 Å². The van der Waals surface area contributed by atoms with Crippen molar-refractivity contribution in [2.45, 2.75) is 105 Å². The second-order valence-electron chi connectivity index (χ2n) is 13.8. The maximum absolute atomic E-state index is 12.3. The Hall–Kier alpha value is -0.330. The van der Waals surface area contributed by atoms with E-state index in [9.17, 15) is 4.57 Å². The molecule has 0 saturated heterocycles. The van der Waals surface area contributed by atoms with E-state index in [4.69, 9.17) is 4.52 Å². The third-order valence-corrected chi connectivity index (χ3v) is 11.9. The van der Waals surface area contributed by atoms with Crippen molar-refractivity contribution < 1.29 is 9.09 Å². The van der Waals surface area contributed by atoms with E-state index >= 15 is 0 Å². The molecule has 0 aromatic rings. The van der Waals surface area contributed by atoms with Crippen LogP contribution in [-0.2, 0) is 9.09 Å². The second kappa shape index (κ2) is 8.96. The third-order valence-electron chi connectivity index (χ3n) is 11.1. The van der Waals surface area contributed by atoms with E-state index in [1.165, 1.54) is 44.9 Å². The quantitative estimate of drug-likeness (QED) is 0.283. The molecule has 8 atom stereocenters. The zero-order valence-corrected chi connectivity index (χ0v) is 23.7. The van der Waals surface area contributed by atoms with Gasteiger partial charge in [-0.3, -0.25) is 4.57 Å². The smallest absolute Gasteiger partial charge is 0.197 e. The van der Waals surface area contributed by atoms with E-state index in [-0.39, 0.29) is 6.10 Å². The molecule has 2 nitrogen and oxygen atoms in total. The van der Waals surface area contributed by atoms with Crippen molar-refractivity contribution in [2.24, 2.45) is 45.8 Å². The van der Waals surface area contributed by atoms with Crippen LogP contribution in [-0.4, -0.2) is 19.4 Å². The minimum absolute atomic E-state index is 0.152. The van der Waals surface area contributed by atoms with Crippen LogP contribution in [0.15, 0.2) is 23.8 Å². The normalized spacial score (nSPS) is 44.3. The van der Waals surface area contributed by atoms with Gasteiger partial charge in [0.2, 0.25) is 0 Å². The minimum Gasteiger partial charge on any atom is -0.325 e. The Morgan fingerprint density at radius 3 is 2.42 bits per heavy atom. The van der Waals surface area contributed by atoms with Gasteiger partial charge in [0.15, 0.2) is 7.37 Å². The summed E-state index contributed by atoms with van der Waals surface area (Å²) in [4.78, 5) is 0. The first kappa shape index (κ1) is 25.8. The summed E-state index contributed by atoms with van der Waals surface area (Å²) in [6, 6.07) is 0. The predicted octanol–water partition coefficient (Wildman–Crippen LogP) is 9.12. The van der Waals surface area contributed by atoms with Gasteiger partial charge in [-0.05, 0) is 104 Å². The van der Waals surface area contributed by atoms with Crippen molar-refractivity contribution in [3.8, 4) is 0 Å². The molecule has 0 heterocycles. The van der Waals surface area contributed by atoms with Gasteiger partial charge in [0.1, 0.15) is 0 Å². The lowest BCUT2D eigenvalue weighted by Gasteiger charge is -2.63. The molecule has 0 spiro atoms. The van der Waals surface area contributed by atoms with Crippen LogP contribution >= 0.6 is 7.37 Å². The summed E-state index contributed by atoms with van der Waals surface area (Å²) in [6.07, 6.45) is 19.2. The van der Waals surface area contributed by atoms with Gasteiger partial charge in [0.05, 0.1) is 6.10 Å². The summed E-state index contributed by atoms with van der Waals surface area (Å²) in [5.41, 5.74) is 2.85. The van der Waals surface area contributed by atoms with E-state index < -0.39 is 7.37 Å². The monoisotopic (exact) mass is 474 g/mol. The number of rotatable bonds is 6. The molecule has 33 heavy (non-hydrogen) atoms. The van der Waals surface area contributed by atoms with Crippen LogP contribution < -0.4 is 0 Å². The Labute approximate surface area is 204 Å². The first-order chi connectivity index (χ1) is 15.3. The molecule has 8 unspecified atom stereocenters. The van der Waals surface area contributed by atoms with E-state index in [0.717, 1.165) is 36.5 Å². The lowest BCUT2D eigenvalue weighted by atomic mass is 9.41. The molecular weight excluding hydrogens is 423 g/mol. The molecule has 0 aromatic heterocycles. The first-order valence-electron chi connectivity index (χ1n) is 13.9. The third kappa shape index (κ3) is 4.62. The highest BCUT2D eigenvalue weighted by Gasteiger charge is 2.63. The van der Waals surface area contributed by atoms with Crippen molar-refractivity contribution in [1.82, 2.24) is 0 Å². The zero-order valence-electron chi connectivity index (χ0n) is 22.8. The summed E-state index contributed by atoms with van der Waals surface area (Å²) in [7, 11) is -2.43. The van der Waals surface area contributed by atoms with Crippen molar-refractivity contribution in [2.75, 3.05) is 13.3 Å². The van der Waals surface area contributed by atoms with Crippen LogP contribution in [0.4, 0.5) is 0 Å². The molecule has 0 N–H and O–H groups in total. The fourth-order valence-electron chi connectivity index (χ4n) is 8.91. The van der Waals surface area contributed by atoms with Crippen LogP contribution in [0.1, 0.15) is 99.3 Å². The topological polar surface area (TPSA) is 26.3 Å². The molecule has 188 valence electrons. The second-order valence-corrected chi connectivity index (χ2v) is 16.5. The Bertz CT molecular complexity index is 836. The van der Waals surface area contributed by atoms with Crippen LogP contribution in [0.2, 0.25) is 0 Å². The van der Waals surface area contributed by atoms with Gasteiger partial charge in [-0.15, -0.1) is 0 Å². The number of hydrogen-bond acceptors (Lipinski definition) is 2. The van der Waals surface area contributed by atoms with Gasteiger partial charge in [-0.25, -0.2) is 0 Å². The maximum atomic E-state index is 12.3. The minimum atomic E-state index is -2.43. The summed E-state index contributed by atoms with van der Waals surface area (Å²) in [5, 5.41) is 0. The summed E-state index contributed by atoms with van der Waals surface area (Å²) >= 11 is 0. The van der Waals surface area contributed by atoms with Crippen LogP contribution in [0.5, 0.6) is 0 Å². The molecule has 0 aliphatic heterocycles. The van der Waals surface area contributed by atoms with Gasteiger partial charge in [-0.2, -0.15) is 0 Å². The maximum Gasteiger partial charge on any atom is 0.197 e. The summed E-state index contributed by atoms with van der Waals surface area (Å²) in [5.74, 6) is 3.89. The molecule has 4 aliphatic carbocycles. The lowest BCUT2D eigenvalue weighted by Crippen LogP contribution is -2.56. The van der Waals surface area contributed by atoms with E-state index in [0.29, 0.717) is 22.2 Å². The zero-order chi connectivity index (χ0) is 24.2. The van der Waals surface area contributed by atoms with Gasteiger partial charge < -0.3 is 4.52 Å². The van der Waals surface area contributed by atoms with E-state index in [1.54, 1.807) is 18.9 Å². The molecule has 3 saturated carbocycles. The molecular formula is C30H51O2P. The lowest BCUT2D eigenvalue weighted by molar-refractivity contribution is -0.108. The summed E-state index contributed by atoms with van der Waals surface area (Å²) in [6.45, 7) is 18.4. The van der Waals surface area contributed by atoms with Crippen LogP contribution in [0.25, 0.3) is 0 Å². The molecule has 0 radical (unpaired) electrons. The fraction of sp³-hybridized carbons (Fsp3) is 0.867. The van der Waals surface area contributed by atoms with Crippen molar-refractivity contribution >= 4 is 7.37 Å². The Morgan fingerprint density at radius 2 is 1.76 bits per heavy atom. The van der Waals surface area contributed by atoms with Crippen molar-refractivity contribution in [1.29, 1.82) is 0 Å². The Balaban J connectivity index is 1.52. The SMILES string of the molecule is CC(C)C(C)/C=C/CC1CCC2C1(C)CCC1C3(C)CCC(OP(C)(C)=O)CC3=CCC12C. The highest BCUT2D eigenvalue weighted by atomic mass is 31.2. The van der Waals surface area contributed by atoms with Gasteiger partial charge in [-0.1, -0.05) is 65.3 Å². The first-order valence-corrected chi connectivity index (χ1v) is 16.4. The van der Waals surface area contributed by atoms with Crippen LogP contribution in [0, 0.1) is 45.8 Å². The highest BCUT2D eigenvalue weighted by Crippen LogP contribution is 2.71. The summed E-state index contributed by atoms with van der Waals surface area (Å²) < 4.78 is 18.3. The molecule has 4 aliphatic rings. The predicted molar refractivity (Wildman–Crippen MR) is 142 cm³/mol. The fourth-order valence-corrected chi connectivity index (χ4v) is 9.81. The Kier molecular flexibility index (Phi) is 6.99. The largest absolute Gasteiger partial charge is 0.325 e. The van der Waals surface area contributed by atoms with Crippen molar-refractivity contribution in [3.05, 3.63) is 23.8 Å². The molecule has 3 fully saturated rings. The van der Waals surface area contributed by atoms with Gasteiger partial charge in [0.25, 0.3) is 0 Å². The molecule has 0 aromatic carbocycles. The average Bonchev–Trinajstić information content (AvgIpc) is 3.04. The number of fused-ring (bicyclic) bond motifs is 5. The highest BCUT2D eigenvalue weighted by molar-refractivity contribution is 7.57. The van der Waals surface area contributed by atoms with E-state index in [1.807, 2.05) is 0 Å². The molecule has 0 amide bonds. The Morgan fingerprint density at radius 1 is 1.03 bits per heavy atom. The van der Waals surface area contributed by atoms with E-state index in [2.05, 4.69) is 59.8 Å². The van der Waals surface area contributed by atoms with Crippen LogP contribution in [0.3, 0.4) is 0 Å².